The van der Waals surface area contributed by atoms with E-state index >= 15 is 0 Å². The molecule has 0 heterocycles. The third-order valence-corrected chi connectivity index (χ3v) is 4.32. The Labute approximate surface area is 152 Å². The third kappa shape index (κ3) is 5.68. The number of carbonyl (C=O) groups is 1. The number of benzene rings is 2. The largest absolute Gasteiger partial charge is 0.465 e. The second-order valence-corrected chi connectivity index (χ2v) is 5.97. The molecule has 2 aromatic rings. The maximum Gasteiger partial charge on any atom is 0.337 e. The first-order chi connectivity index (χ1) is 10.6. The molecule has 124 valence electrons. The second kappa shape index (κ2) is 9.75. The molecule has 1 atom stereocenters. The first-order valence-corrected chi connectivity index (χ1v) is 8.01. The van der Waals surface area contributed by atoms with E-state index in [1.807, 2.05) is 36.4 Å². The van der Waals surface area contributed by atoms with Crippen LogP contribution >= 0.6 is 29.4 Å². The van der Waals surface area contributed by atoms with Crippen LogP contribution in [0.25, 0.3) is 0 Å². The summed E-state index contributed by atoms with van der Waals surface area (Å²) >= 11 is 3.49. The number of carbonyl (C=O) groups excluding carboxylic acids is 1. The van der Waals surface area contributed by atoms with Crippen LogP contribution in [-0.4, -0.2) is 18.2 Å². The van der Waals surface area contributed by atoms with Gasteiger partial charge in [0.05, 0.1) is 18.8 Å². The molecular weight excluding hydrogens is 376 g/mol. The Balaban J connectivity index is 0.00000264. The Morgan fingerprint density at radius 3 is 2.52 bits per heavy atom. The molecule has 0 aliphatic heterocycles. The van der Waals surface area contributed by atoms with Crippen molar-refractivity contribution < 1.29 is 14.6 Å². The lowest BCUT2D eigenvalue weighted by molar-refractivity contribution is 0.0600. The van der Waals surface area contributed by atoms with Crippen LogP contribution in [0.2, 0.25) is 0 Å². The summed E-state index contributed by atoms with van der Waals surface area (Å²) < 4.78 is 5.59. The topological polar surface area (TPSA) is 46.5 Å². The number of ether oxygens (including phenoxy) is 1. The van der Waals surface area contributed by atoms with Crippen LogP contribution < -0.4 is 0 Å². The summed E-state index contributed by atoms with van der Waals surface area (Å²) in [4.78, 5) is 11.5. The van der Waals surface area contributed by atoms with Crippen LogP contribution in [-0.2, 0) is 11.2 Å². The van der Waals surface area contributed by atoms with Gasteiger partial charge in [-0.15, -0.1) is 0 Å². The number of hydrogen-bond acceptors (Lipinski definition) is 3. The third-order valence-electron chi connectivity index (χ3n) is 3.58. The number of esters is 1. The van der Waals surface area contributed by atoms with Crippen molar-refractivity contribution in [2.45, 2.75) is 25.4 Å². The van der Waals surface area contributed by atoms with Gasteiger partial charge in [-0.2, -0.15) is 13.5 Å². The predicted octanol–water partition coefficient (Wildman–Crippen LogP) is 4.40. The van der Waals surface area contributed by atoms with Crippen molar-refractivity contribution in [3.8, 4) is 0 Å². The molecule has 2 aromatic carbocycles. The molecule has 3 nitrogen and oxygen atoms in total. The molecule has 2 rings (SSSR count). The summed E-state index contributed by atoms with van der Waals surface area (Å²) in [6.45, 7) is 0. The van der Waals surface area contributed by atoms with Crippen LogP contribution in [0.3, 0.4) is 0 Å². The SMILES string of the molecule is COC(=O)c1ccc(CCC[C@@H](O)c2ccccc2)c(Br)c1.S. The molecular formula is C18H21BrO3S. The van der Waals surface area contributed by atoms with Crippen LogP contribution in [0, 0.1) is 0 Å². The van der Waals surface area contributed by atoms with Gasteiger partial charge in [0.25, 0.3) is 0 Å². The molecule has 0 fully saturated rings. The number of methoxy groups -OCH3 is 1. The molecule has 0 aliphatic rings. The molecule has 0 amide bonds. The van der Waals surface area contributed by atoms with Gasteiger partial charge >= 0.3 is 5.97 Å². The van der Waals surface area contributed by atoms with Gasteiger partial charge in [0, 0.05) is 4.47 Å². The zero-order valence-corrected chi connectivity index (χ0v) is 15.5. The standard InChI is InChI=1S/C18H19BrO3.H2S/c1-22-18(21)15-11-10-13(16(19)12-15)8-5-9-17(20)14-6-3-2-4-7-14;/h2-4,6-7,10-12,17,20H,5,8-9H2,1H3;1H2/t17-;/m1./s1. The number of halogens is 1. The van der Waals surface area contributed by atoms with Gasteiger partial charge < -0.3 is 9.84 Å². The molecule has 1 N–H and O–H groups in total. The molecule has 0 aromatic heterocycles. The molecule has 0 bridgehead atoms. The average Bonchev–Trinajstić information content (AvgIpc) is 2.56. The van der Waals surface area contributed by atoms with Crippen LogP contribution in [0.4, 0.5) is 0 Å². The lowest BCUT2D eigenvalue weighted by atomic mass is 10.0. The summed E-state index contributed by atoms with van der Waals surface area (Å²) in [6.07, 6.45) is 1.97. The van der Waals surface area contributed by atoms with Crippen LogP contribution in [0.15, 0.2) is 53.0 Å². The molecule has 0 saturated heterocycles. The molecule has 0 spiro atoms. The highest BCUT2D eigenvalue weighted by molar-refractivity contribution is 9.10. The highest BCUT2D eigenvalue weighted by atomic mass is 79.9. The molecule has 0 unspecified atom stereocenters. The Morgan fingerprint density at radius 2 is 1.91 bits per heavy atom. The summed E-state index contributed by atoms with van der Waals surface area (Å²) in [6, 6.07) is 15.1. The van der Waals surface area contributed by atoms with E-state index in [2.05, 4.69) is 15.9 Å². The lowest BCUT2D eigenvalue weighted by Gasteiger charge is -2.11. The monoisotopic (exact) mass is 396 g/mol. The van der Waals surface area contributed by atoms with Crippen molar-refractivity contribution >= 4 is 35.4 Å². The highest BCUT2D eigenvalue weighted by Gasteiger charge is 2.10. The zero-order valence-electron chi connectivity index (χ0n) is 13.0. The minimum Gasteiger partial charge on any atom is -0.465 e. The van der Waals surface area contributed by atoms with Crippen molar-refractivity contribution in [3.63, 3.8) is 0 Å². The summed E-state index contributed by atoms with van der Waals surface area (Å²) in [5, 5.41) is 10.1. The van der Waals surface area contributed by atoms with Gasteiger partial charge in [0.2, 0.25) is 0 Å². The van der Waals surface area contributed by atoms with Gasteiger partial charge in [-0.1, -0.05) is 52.3 Å². The Hall–Kier alpha value is -1.30. The Kier molecular flexibility index (Phi) is 8.37. The smallest absolute Gasteiger partial charge is 0.337 e. The fraction of sp³-hybridized carbons (Fsp3) is 0.278. The fourth-order valence-corrected chi connectivity index (χ4v) is 2.90. The van der Waals surface area contributed by atoms with Crippen LogP contribution in [0.1, 0.15) is 40.4 Å². The van der Waals surface area contributed by atoms with Crippen LogP contribution in [0.5, 0.6) is 0 Å². The second-order valence-electron chi connectivity index (χ2n) is 5.12. The maximum absolute atomic E-state index is 11.5. The summed E-state index contributed by atoms with van der Waals surface area (Å²) in [5.74, 6) is -0.341. The molecule has 5 heteroatoms. The Morgan fingerprint density at radius 1 is 1.22 bits per heavy atom. The van der Waals surface area contributed by atoms with Crippen molar-refractivity contribution in [3.05, 3.63) is 69.7 Å². The van der Waals surface area contributed by atoms with E-state index in [1.54, 1.807) is 12.1 Å². The number of aliphatic hydroxyl groups is 1. The van der Waals surface area contributed by atoms with Crippen molar-refractivity contribution in [1.29, 1.82) is 0 Å². The van der Waals surface area contributed by atoms with E-state index in [1.165, 1.54) is 7.11 Å². The summed E-state index contributed by atoms with van der Waals surface area (Å²) in [7, 11) is 1.37. The zero-order chi connectivity index (χ0) is 15.9. The van der Waals surface area contributed by atoms with Crippen molar-refractivity contribution in [1.82, 2.24) is 0 Å². The minimum atomic E-state index is -0.436. The molecule has 0 radical (unpaired) electrons. The first-order valence-electron chi connectivity index (χ1n) is 7.21. The highest BCUT2D eigenvalue weighted by Crippen LogP contribution is 2.23. The van der Waals surface area contributed by atoms with E-state index in [0.29, 0.717) is 12.0 Å². The number of aryl methyl sites for hydroxylation is 1. The quantitative estimate of drug-likeness (QED) is 0.735. The van der Waals surface area contributed by atoms with E-state index in [-0.39, 0.29) is 19.5 Å². The van der Waals surface area contributed by atoms with E-state index < -0.39 is 6.10 Å². The first kappa shape index (κ1) is 19.7. The van der Waals surface area contributed by atoms with Gasteiger partial charge in [0.15, 0.2) is 0 Å². The predicted molar refractivity (Wildman–Crippen MR) is 100 cm³/mol. The van der Waals surface area contributed by atoms with Gasteiger partial charge in [-0.05, 0) is 42.5 Å². The molecule has 0 aliphatic carbocycles. The fourth-order valence-electron chi connectivity index (χ4n) is 2.32. The van der Waals surface area contributed by atoms with Gasteiger partial charge in [-0.25, -0.2) is 4.79 Å². The molecule has 23 heavy (non-hydrogen) atoms. The van der Waals surface area contributed by atoms with Gasteiger partial charge in [-0.3, -0.25) is 0 Å². The van der Waals surface area contributed by atoms with E-state index in [0.717, 1.165) is 28.4 Å². The summed E-state index contributed by atoms with van der Waals surface area (Å²) in [5.41, 5.74) is 2.60. The van der Waals surface area contributed by atoms with E-state index in [9.17, 15) is 9.90 Å². The van der Waals surface area contributed by atoms with Gasteiger partial charge in [0.1, 0.15) is 0 Å². The normalized spacial score (nSPS) is 11.4. The minimum absolute atomic E-state index is 0. The Bertz CT molecular complexity index is 631. The van der Waals surface area contributed by atoms with Crippen molar-refractivity contribution in [2.75, 3.05) is 7.11 Å². The average molecular weight is 397 g/mol. The lowest BCUT2D eigenvalue weighted by Crippen LogP contribution is -2.02. The van der Waals surface area contributed by atoms with Crippen molar-refractivity contribution in [2.24, 2.45) is 0 Å². The number of hydrogen-bond donors (Lipinski definition) is 1. The maximum atomic E-state index is 11.5. The number of rotatable bonds is 6. The van der Waals surface area contributed by atoms with E-state index in [4.69, 9.17) is 4.74 Å². The number of aliphatic hydroxyl groups excluding tert-OH is 1. The molecule has 0 saturated carbocycles.